The van der Waals surface area contributed by atoms with Gasteiger partial charge in [0, 0.05) is 24.5 Å². The maximum absolute atomic E-state index is 12.6. The summed E-state index contributed by atoms with van der Waals surface area (Å²) >= 11 is 0. The normalized spacial score (nSPS) is 15.0. The van der Waals surface area contributed by atoms with Gasteiger partial charge in [-0.1, -0.05) is 25.5 Å². The SMILES string of the molecule is CCCCc1ccc(S(=O)(=O)Nc2ccc(N3CCOCC3)cc2)cc1. The number of nitrogens with one attached hydrogen (secondary N) is 1. The largest absolute Gasteiger partial charge is 0.378 e. The second kappa shape index (κ2) is 8.56. The van der Waals surface area contributed by atoms with E-state index in [2.05, 4.69) is 16.5 Å². The van der Waals surface area contributed by atoms with E-state index in [0.717, 1.165) is 51.3 Å². The molecule has 0 unspecified atom stereocenters. The zero-order valence-electron chi connectivity index (χ0n) is 15.1. The van der Waals surface area contributed by atoms with Gasteiger partial charge in [-0.2, -0.15) is 0 Å². The molecule has 0 saturated carbocycles. The predicted octanol–water partition coefficient (Wildman–Crippen LogP) is 3.67. The average molecular weight is 375 g/mol. The third-order valence-electron chi connectivity index (χ3n) is 4.55. The van der Waals surface area contributed by atoms with Gasteiger partial charge >= 0.3 is 0 Å². The molecule has 5 nitrogen and oxygen atoms in total. The Labute approximate surface area is 156 Å². The van der Waals surface area contributed by atoms with Crippen molar-refractivity contribution in [2.24, 2.45) is 0 Å². The molecule has 1 aliphatic rings. The molecule has 0 amide bonds. The van der Waals surface area contributed by atoms with Crippen LogP contribution in [0.3, 0.4) is 0 Å². The minimum Gasteiger partial charge on any atom is -0.378 e. The first kappa shape index (κ1) is 18.7. The predicted molar refractivity (Wildman–Crippen MR) is 105 cm³/mol. The fourth-order valence-corrected chi connectivity index (χ4v) is 4.05. The third kappa shape index (κ3) is 4.77. The molecule has 140 valence electrons. The number of sulfonamides is 1. The van der Waals surface area contributed by atoms with Crippen molar-refractivity contribution in [3.8, 4) is 0 Å². The van der Waals surface area contributed by atoms with Gasteiger partial charge in [0.15, 0.2) is 0 Å². The molecule has 6 heteroatoms. The molecule has 26 heavy (non-hydrogen) atoms. The molecule has 1 fully saturated rings. The van der Waals surface area contributed by atoms with E-state index in [-0.39, 0.29) is 4.90 Å². The summed E-state index contributed by atoms with van der Waals surface area (Å²) in [6.07, 6.45) is 3.22. The lowest BCUT2D eigenvalue weighted by Gasteiger charge is -2.28. The monoisotopic (exact) mass is 374 g/mol. The van der Waals surface area contributed by atoms with Gasteiger partial charge in [-0.15, -0.1) is 0 Å². The first-order chi connectivity index (χ1) is 12.6. The van der Waals surface area contributed by atoms with Crippen LogP contribution in [-0.4, -0.2) is 34.7 Å². The van der Waals surface area contributed by atoms with Crippen molar-refractivity contribution in [3.05, 3.63) is 54.1 Å². The summed E-state index contributed by atoms with van der Waals surface area (Å²) in [7, 11) is -3.57. The number of anilines is 2. The summed E-state index contributed by atoms with van der Waals surface area (Å²) in [6.45, 7) is 5.31. The van der Waals surface area contributed by atoms with Gasteiger partial charge in [-0.3, -0.25) is 4.72 Å². The number of hydrogen-bond donors (Lipinski definition) is 1. The van der Waals surface area contributed by atoms with Crippen LogP contribution in [0.4, 0.5) is 11.4 Å². The van der Waals surface area contributed by atoms with Crippen molar-refractivity contribution >= 4 is 21.4 Å². The number of aryl methyl sites for hydroxylation is 1. The molecule has 1 heterocycles. The topological polar surface area (TPSA) is 58.6 Å². The van der Waals surface area contributed by atoms with E-state index >= 15 is 0 Å². The molecule has 1 aliphatic heterocycles. The Morgan fingerprint density at radius 2 is 1.65 bits per heavy atom. The fraction of sp³-hybridized carbons (Fsp3) is 0.400. The lowest BCUT2D eigenvalue weighted by Crippen LogP contribution is -2.36. The Morgan fingerprint density at radius 1 is 1.00 bits per heavy atom. The van der Waals surface area contributed by atoms with E-state index < -0.39 is 10.0 Å². The molecule has 3 rings (SSSR count). The number of nitrogens with zero attached hydrogens (tertiary/aromatic N) is 1. The van der Waals surface area contributed by atoms with Crippen LogP contribution in [0.25, 0.3) is 0 Å². The van der Waals surface area contributed by atoms with Crippen LogP contribution in [0.5, 0.6) is 0 Å². The van der Waals surface area contributed by atoms with Gasteiger partial charge in [-0.05, 0) is 54.8 Å². The highest BCUT2D eigenvalue weighted by molar-refractivity contribution is 7.92. The van der Waals surface area contributed by atoms with Gasteiger partial charge in [-0.25, -0.2) is 8.42 Å². The van der Waals surface area contributed by atoms with Crippen LogP contribution in [0, 0.1) is 0 Å². The van der Waals surface area contributed by atoms with Crippen molar-refractivity contribution in [3.63, 3.8) is 0 Å². The van der Waals surface area contributed by atoms with Gasteiger partial charge in [0.1, 0.15) is 0 Å². The molecule has 0 bridgehead atoms. The van der Waals surface area contributed by atoms with Gasteiger partial charge in [0.05, 0.1) is 18.1 Å². The van der Waals surface area contributed by atoms with Gasteiger partial charge < -0.3 is 9.64 Å². The first-order valence-corrected chi connectivity index (χ1v) is 10.6. The van der Waals surface area contributed by atoms with Crippen LogP contribution < -0.4 is 9.62 Å². The van der Waals surface area contributed by atoms with Gasteiger partial charge in [0.25, 0.3) is 10.0 Å². The number of morpholine rings is 1. The second-order valence-corrected chi connectivity index (χ2v) is 8.18. The molecule has 0 atom stereocenters. The Balaban J connectivity index is 1.66. The first-order valence-electron chi connectivity index (χ1n) is 9.13. The quantitative estimate of drug-likeness (QED) is 0.803. The van der Waals surface area contributed by atoms with Crippen molar-refractivity contribution in [2.45, 2.75) is 31.1 Å². The summed E-state index contributed by atoms with van der Waals surface area (Å²) in [5.41, 5.74) is 2.81. The Bertz CT molecular complexity index is 796. The molecule has 0 spiro atoms. The summed E-state index contributed by atoms with van der Waals surface area (Å²) < 4.78 is 33.2. The molecule has 0 aromatic heterocycles. The lowest BCUT2D eigenvalue weighted by atomic mass is 10.1. The molecule has 2 aromatic carbocycles. The Hall–Kier alpha value is -2.05. The van der Waals surface area contributed by atoms with Crippen LogP contribution in [0.15, 0.2) is 53.4 Å². The number of rotatable bonds is 7. The third-order valence-corrected chi connectivity index (χ3v) is 5.95. The smallest absolute Gasteiger partial charge is 0.261 e. The summed E-state index contributed by atoms with van der Waals surface area (Å²) in [4.78, 5) is 2.52. The minimum absolute atomic E-state index is 0.287. The molecular formula is C20H26N2O3S. The number of ether oxygens (including phenoxy) is 1. The molecule has 0 radical (unpaired) electrons. The van der Waals surface area contributed by atoms with Crippen molar-refractivity contribution in [1.82, 2.24) is 0 Å². The lowest BCUT2D eigenvalue weighted by molar-refractivity contribution is 0.122. The molecule has 0 aliphatic carbocycles. The standard InChI is InChI=1S/C20H26N2O3S/c1-2-3-4-17-5-11-20(12-6-17)26(23,24)21-18-7-9-19(10-8-18)22-13-15-25-16-14-22/h5-12,21H,2-4,13-16H2,1H3. The van der Waals surface area contributed by atoms with E-state index in [1.165, 1.54) is 5.56 Å². The molecular weight excluding hydrogens is 348 g/mol. The van der Waals surface area contributed by atoms with E-state index in [9.17, 15) is 8.42 Å². The maximum Gasteiger partial charge on any atom is 0.261 e. The highest BCUT2D eigenvalue weighted by Gasteiger charge is 2.15. The molecule has 1 N–H and O–H groups in total. The highest BCUT2D eigenvalue weighted by atomic mass is 32.2. The zero-order chi connectivity index (χ0) is 18.4. The Kier molecular flexibility index (Phi) is 6.16. The van der Waals surface area contributed by atoms with E-state index in [1.807, 2.05) is 24.3 Å². The van der Waals surface area contributed by atoms with Crippen molar-refractivity contribution < 1.29 is 13.2 Å². The van der Waals surface area contributed by atoms with Crippen LogP contribution in [0.1, 0.15) is 25.3 Å². The van der Waals surface area contributed by atoms with E-state index in [1.54, 1.807) is 24.3 Å². The second-order valence-electron chi connectivity index (χ2n) is 6.50. The van der Waals surface area contributed by atoms with Crippen LogP contribution in [-0.2, 0) is 21.2 Å². The van der Waals surface area contributed by atoms with Crippen molar-refractivity contribution in [1.29, 1.82) is 0 Å². The number of unbranched alkanes of at least 4 members (excludes halogenated alkanes) is 1. The molecule has 2 aromatic rings. The molecule has 1 saturated heterocycles. The van der Waals surface area contributed by atoms with Crippen molar-refractivity contribution in [2.75, 3.05) is 35.9 Å². The average Bonchev–Trinajstić information content (AvgIpc) is 2.68. The zero-order valence-corrected chi connectivity index (χ0v) is 16.0. The number of benzene rings is 2. The van der Waals surface area contributed by atoms with E-state index in [0.29, 0.717) is 5.69 Å². The summed E-state index contributed by atoms with van der Waals surface area (Å²) in [5, 5.41) is 0. The van der Waals surface area contributed by atoms with Crippen LogP contribution >= 0.6 is 0 Å². The fourth-order valence-electron chi connectivity index (χ4n) is 2.99. The maximum atomic E-state index is 12.6. The van der Waals surface area contributed by atoms with E-state index in [4.69, 9.17) is 4.74 Å². The van der Waals surface area contributed by atoms with Gasteiger partial charge in [0.2, 0.25) is 0 Å². The highest BCUT2D eigenvalue weighted by Crippen LogP contribution is 2.22. The summed E-state index contributed by atoms with van der Waals surface area (Å²) in [6, 6.07) is 14.6. The minimum atomic E-state index is -3.57. The number of hydrogen-bond acceptors (Lipinski definition) is 4. The summed E-state index contributed by atoms with van der Waals surface area (Å²) in [5.74, 6) is 0. The van der Waals surface area contributed by atoms with Crippen LogP contribution in [0.2, 0.25) is 0 Å². The Morgan fingerprint density at radius 3 is 2.27 bits per heavy atom.